The fourth-order valence-corrected chi connectivity index (χ4v) is 4.18. The Bertz CT molecular complexity index is 316. The van der Waals surface area contributed by atoms with Crippen molar-refractivity contribution in [2.75, 3.05) is 5.09 Å². The van der Waals surface area contributed by atoms with Crippen molar-refractivity contribution >= 4 is 13.8 Å². The lowest BCUT2D eigenvalue weighted by atomic mass is 10.1. The average molecular weight is 237 g/mol. The summed E-state index contributed by atoms with van der Waals surface area (Å²) in [6.07, 6.45) is 0. The smallest absolute Gasteiger partial charge is 0.0378 e. The van der Waals surface area contributed by atoms with Gasteiger partial charge >= 0.3 is 0 Å². The number of hydrogen-bond acceptors (Lipinski definition) is 1. The number of rotatable bonds is 4. The lowest BCUT2D eigenvalue weighted by Gasteiger charge is -2.27. The summed E-state index contributed by atoms with van der Waals surface area (Å²) in [5, 5.41) is 3.72. The molecule has 1 N–H and O–H groups in total. The molecular weight excluding hydrogens is 213 g/mol. The van der Waals surface area contributed by atoms with Crippen LogP contribution >= 0.6 is 8.07 Å². The van der Waals surface area contributed by atoms with Crippen LogP contribution in [0.2, 0.25) is 0 Å². The van der Waals surface area contributed by atoms with Crippen LogP contribution in [0.4, 0.5) is 5.69 Å². The molecule has 0 atom stereocenters. The van der Waals surface area contributed by atoms with Crippen LogP contribution < -0.4 is 5.09 Å². The summed E-state index contributed by atoms with van der Waals surface area (Å²) in [4.78, 5) is 0. The molecule has 16 heavy (non-hydrogen) atoms. The Morgan fingerprint density at radius 3 is 1.69 bits per heavy atom. The standard InChI is InChI=1S/C14H24NP/c1-10(2)16(11(3)4)15-14-8-12(5)7-13(6)9-14/h7-11,15H,1-6H3. The van der Waals surface area contributed by atoms with Gasteiger partial charge in [0.25, 0.3) is 0 Å². The van der Waals surface area contributed by atoms with Gasteiger partial charge in [-0.1, -0.05) is 33.8 Å². The molecule has 0 aliphatic heterocycles. The second-order valence-corrected chi connectivity index (χ2v) is 8.19. The lowest BCUT2D eigenvalue weighted by molar-refractivity contribution is 1.01. The van der Waals surface area contributed by atoms with Gasteiger partial charge in [0, 0.05) is 5.69 Å². The first-order valence-electron chi connectivity index (χ1n) is 6.03. The van der Waals surface area contributed by atoms with Crippen molar-refractivity contribution in [2.24, 2.45) is 0 Å². The normalized spacial score (nSPS) is 11.6. The van der Waals surface area contributed by atoms with E-state index in [1.165, 1.54) is 16.8 Å². The summed E-state index contributed by atoms with van der Waals surface area (Å²) in [5.74, 6) is 0. The quantitative estimate of drug-likeness (QED) is 0.732. The van der Waals surface area contributed by atoms with Gasteiger partial charge in [-0.05, 0) is 56.5 Å². The highest BCUT2D eigenvalue weighted by Gasteiger charge is 2.16. The van der Waals surface area contributed by atoms with Crippen LogP contribution in [0.1, 0.15) is 38.8 Å². The third kappa shape index (κ3) is 3.79. The molecular formula is C14H24NP. The zero-order valence-corrected chi connectivity index (χ0v) is 12.2. The van der Waals surface area contributed by atoms with E-state index in [-0.39, 0.29) is 8.07 Å². The minimum absolute atomic E-state index is 0.130. The number of hydrogen-bond donors (Lipinski definition) is 1. The molecule has 1 aromatic carbocycles. The molecule has 0 aromatic heterocycles. The van der Waals surface area contributed by atoms with Crippen molar-refractivity contribution in [3.8, 4) is 0 Å². The molecule has 0 spiro atoms. The molecule has 0 saturated heterocycles. The second kappa shape index (κ2) is 5.68. The minimum Gasteiger partial charge on any atom is -0.364 e. The Balaban J connectivity index is 2.85. The molecule has 1 nitrogen and oxygen atoms in total. The fraction of sp³-hybridized carbons (Fsp3) is 0.571. The van der Waals surface area contributed by atoms with E-state index in [1.54, 1.807) is 0 Å². The summed E-state index contributed by atoms with van der Waals surface area (Å²) in [7, 11) is -0.130. The van der Waals surface area contributed by atoms with Gasteiger partial charge in [0.05, 0.1) is 0 Å². The summed E-state index contributed by atoms with van der Waals surface area (Å²) in [5.41, 5.74) is 5.40. The first kappa shape index (κ1) is 13.5. The van der Waals surface area contributed by atoms with Crippen molar-refractivity contribution in [3.05, 3.63) is 29.3 Å². The van der Waals surface area contributed by atoms with Crippen LogP contribution in [-0.4, -0.2) is 11.3 Å². The van der Waals surface area contributed by atoms with Crippen LogP contribution in [0.25, 0.3) is 0 Å². The molecule has 0 saturated carbocycles. The molecule has 0 unspecified atom stereocenters. The largest absolute Gasteiger partial charge is 0.364 e. The van der Waals surface area contributed by atoms with Gasteiger partial charge in [-0.25, -0.2) is 0 Å². The van der Waals surface area contributed by atoms with Gasteiger partial charge in [-0.15, -0.1) is 0 Å². The topological polar surface area (TPSA) is 12.0 Å². The van der Waals surface area contributed by atoms with Crippen molar-refractivity contribution < 1.29 is 0 Å². The van der Waals surface area contributed by atoms with E-state index in [0.717, 1.165) is 11.3 Å². The van der Waals surface area contributed by atoms with E-state index in [0.29, 0.717) is 0 Å². The molecule has 0 fully saturated rings. The van der Waals surface area contributed by atoms with E-state index in [1.807, 2.05) is 0 Å². The van der Waals surface area contributed by atoms with Crippen molar-refractivity contribution in [2.45, 2.75) is 52.9 Å². The molecule has 0 radical (unpaired) electrons. The molecule has 90 valence electrons. The van der Waals surface area contributed by atoms with Gasteiger partial charge in [-0.3, -0.25) is 0 Å². The molecule has 0 heterocycles. The van der Waals surface area contributed by atoms with E-state index >= 15 is 0 Å². The summed E-state index contributed by atoms with van der Waals surface area (Å²) in [6.45, 7) is 13.5. The number of nitrogens with one attached hydrogen (secondary N) is 1. The minimum atomic E-state index is -0.130. The van der Waals surface area contributed by atoms with Gasteiger partial charge in [0.1, 0.15) is 0 Å². The van der Waals surface area contributed by atoms with Crippen LogP contribution in [-0.2, 0) is 0 Å². The van der Waals surface area contributed by atoms with Gasteiger partial charge in [-0.2, -0.15) is 0 Å². The van der Waals surface area contributed by atoms with Crippen molar-refractivity contribution in [3.63, 3.8) is 0 Å². The molecule has 0 amide bonds. The predicted octanol–water partition coefficient (Wildman–Crippen LogP) is 4.93. The molecule has 0 aliphatic rings. The average Bonchev–Trinajstić information content (AvgIpc) is 2.11. The van der Waals surface area contributed by atoms with Gasteiger partial charge in [0.15, 0.2) is 0 Å². The van der Waals surface area contributed by atoms with Crippen LogP contribution in [0.3, 0.4) is 0 Å². The number of benzene rings is 1. The Labute approximate surface area is 101 Å². The van der Waals surface area contributed by atoms with Gasteiger partial charge < -0.3 is 5.09 Å². The SMILES string of the molecule is Cc1cc(C)cc(NP(C(C)C)C(C)C)c1. The first-order valence-corrected chi connectivity index (χ1v) is 7.51. The molecule has 1 rings (SSSR count). The second-order valence-electron chi connectivity index (χ2n) is 5.08. The van der Waals surface area contributed by atoms with Crippen molar-refractivity contribution in [1.82, 2.24) is 0 Å². The Hall–Kier alpha value is -0.550. The zero-order valence-electron chi connectivity index (χ0n) is 11.3. The molecule has 0 aliphatic carbocycles. The highest BCUT2D eigenvalue weighted by molar-refractivity contribution is 7.60. The fourth-order valence-electron chi connectivity index (χ4n) is 2.04. The van der Waals surface area contributed by atoms with E-state index in [9.17, 15) is 0 Å². The highest BCUT2D eigenvalue weighted by atomic mass is 31.1. The number of aryl methyl sites for hydroxylation is 2. The first-order chi connectivity index (χ1) is 7.40. The Morgan fingerprint density at radius 2 is 1.31 bits per heavy atom. The summed E-state index contributed by atoms with van der Waals surface area (Å²) >= 11 is 0. The van der Waals surface area contributed by atoms with Crippen LogP contribution in [0, 0.1) is 13.8 Å². The van der Waals surface area contributed by atoms with E-state index in [2.05, 4.69) is 64.8 Å². The van der Waals surface area contributed by atoms with Crippen molar-refractivity contribution in [1.29, 1.82) is 0 Å². The van der Waals surface area contributed by atoms with E-state index < -0.39 is 0 Å². The maximum absolute atomic E-state index is 3.72. The Morgan fingerprint density at radius 1 is 0.875 bits per heavy atom. The third-order valence-corrected chi connectivity index (χ3v) is 5.33. The van der Waals surface area contributed by atoms with Gasteiger partial charge in [0.2, 0.25) is 0 Å². The zero-order chi connectivity index (χ0) is 12.3. The predicted molar refractivity (Wildman–Crippen MR) is 76.7 cm³/mol. The van der Waals surface area contributed by atoms with Crippen LogP contribution in [0.5, 0.6) is 0 Å². The van der Waals surface area contributed by atoms with Crippen LogP contribution in [0.15, 0.2) is 18.2 Å². The molecule has 0 bridgehead atoms. The maximum atomic E-state index is 3.72. The lowest BCUT2D eigenvalue weighted by Crippen LogP contribution is -2.10. The third-order valence-electron chi connectivity index (χ3n) is 2.59. The summed E-state index contributed by atoms with van der Waals surface area (Å²) < 4.78 is 0. The Kier molecular flexibility index (Phi) is 4.80. The highest BCUT2D eigenvalue weighted by Crippen LogP contribution is 2.45. The molecule has 2 heteroatoms. The monoisotopic (exact) mass is 237 g/mol. The summed E-state index contributed by atoms with van der Waals surface area (Å²) in [6, 6.07) is 6.71. The van der Waals surface area contributed by atoms with E-state index in [4.69, 9.17) is 0 Å². The number of anilines is 1. The maximum Gasteiger partial charge on any atom is 0.0378 e. The molecule has 1 aromatic rings.